The quantitative estimate of drug-likeness (QED) is 0.501. The number of pyridine rings is 1. The number of amides is 1. The molecule has 28 heavy (non-hydrogen) atoms. The molecule has 0 aliphatic carbocycles. The summed E-state index contributed by atoms with van der Waals surface area (Å²) in [5.41, 5.74) is 5.56. The highest BCUT2D eigenvalue weighted by Crippen LogP contribution is 2.24. The van der Waals surface area contributed by atoms with Gasteiger partial charge in [0, 0.05) is 29.6 Å². The average molecular weight is 364 g/mol. The molecular weight excluding hydrogens is 344 g/mol. The van der Waals surface area contributed by atoms with Crippen molar-refractivity contribution < 1.29 is 4.79 Å². The minimum Gasteiger partial charge on any atom is -0.322 e. The van der Waals surface area contributed by atoms with E-state index in [1.54, 1.807) is 6.20 Å². The molecule has 3 aromatic carbocycles. The highest BCUT2D eigenvalue weighted by atomic mass is 16.1. The molecule has 3 heteroatoms. The number of benzene rings is 3. The van der Waals surface area contributed by atoms with Crippen LogP contribution in [-0.4, -0.2) is 10.9 Å². The third-order valence-corrected chi connectivity index (χ3v) is 4.58. The number of carbonyl (C=O) groups excluding carboxylic acids is 1. The Morgan fingerprint density at radius 3 is 2.21 bits per heavy atom. The first kappa shape index (κ1) is 17.7. The number of hydrogen-bond donors (Lipinski definition) is 1. The Morgan fingerprint density at radius 1 is 0.750 bits per heavy atom. The van der Waals surface area contributed by atoms with Crippen LogP contribution in [0.5, 0.6) is 0 Å². The highest BCUT2D eigenvalue weighted by Gasteiger charge is 2.12. The van der Waals surface area contributed by atoms with Crippen molar-refractivity contribution in [2.75, 3.05) is 5.32 Å². The van der Waals surface area contributed by atoms with E-state index in [2.05, 4.69) is 10.3 Å². The van der Waals surface area contributed by atoms with Crippen LogP contribution in [0.25, 0.3) is 11.1 Å². The molecule has 0 aliphatic heterocycles. The van der Waals surface area contributed by atoms with Gasteiger partial charge in [0.2, 0.25) is 0 Å². The topological polar surface area (TPSA) is 42.0 Å². The van der Waals surface area contributed by atoms with Crippen LogP contribution in [0.15, 0.2) is 103 Å². The molecule has 3 nitrogen and oxygen atoms in total. The van der Waals surface area contributed by atoms with Gasteiger partial charge in [-0.15, -0.1) is 0 Å². The van der Waals surface area contributed by atoms with E-state index < -0.39 is 0 Å². The average Bonchev–Trinajstić information content (AvgIpc) is 2.76. The van der Waals surface area contributed by atoms with Gasteiger partial charge in [-0.2, -0.15) is 0 Å². The smallest absolute Gasteiger partial charge is 0.256 e. The van der Waals surface area contributed by atoms with Gasteiger partial charge in [-0.05, 0) is 47.0 Å². The Labute approximate surface area is 164 Å². The largest absolute Gasteiger partial charge is 0.322 e. The van der Waals surface area contributed by atoms with Gasteiger partial charge in [-0.25, -0.2) is 0 Å². The second kappa shape index (κ2) is 8.31. The molecule has 0 saturated heterocycles. The molecule has 0 atom stereocenters. The van der Waals surface area contributed by atoms with Gasteiger partial charge in [0.1, 0.15) is 0 Å². The lowest BCUT2D eigenvalue weighted by Crippen LogP contribution is -2.13. The molecule has 0 radical (unpaired) electrons. The van der Waals surface area contributed by atoms with Gasteiger partial charge in [-0.3, -0.25) is 9.78 Å². The van der Waals surface area contributed by atoms with Crippen LogP contribution in [-0.2, 0) is 6.42 Å². The Balaban J connectivity index is 1.50. The van der Waals surface area contributed by atoms with Crippen LogP contribution in [0.3, 0.4) is 0 Å². The fraction of sp³-hybridized carbons (Fsp3) is 0.0400. The monoisotopic (exact) mass is 364 g/mol. The van der Waals surface area contributed by atoms with Crippen molar-refractivity contribution >= 4 is 11.6 Å². The molecule has 0 fully saturated rings. The van der Waals surface area contributed by atoms with Gasteiger partial charge in [0.15, 0.2) is 0 Å². The maximum Gasteiger partial charge on any atom is 0.256 e. The van der Waals surface area contributed by atoms with Crippen molar-refractivity contribution in [3.63, 3.8) is 0 Å². The Hall–Kier alpha value is -3.72. The standard InChI is InChI=1S/C25H20N2O/c28-25(24-12-5-4-11-23(24)20-8-2-1-3-9-20)27-21-15-13-19(14-16-21)18-22-10-6-7-17-26-22/h1-17H,18H2,(H,27,28). The van der Waals surface area contributed by atoms with Gasteiger partial charge in [0.05, 0.1) is 0 Å². The van der Waals surface area contributed by atoms with E-state index in [0.717, 1.165) is 34.5 Å². The van der Waals surface area contributed by atoms with Crippen molar-refractivity contribution in [3.05, 3.63) is 120 Å². The summed E-state index contributed by atoms with van der Waals surface area (Å²) in [7, 11) is 0. The number of carbonyl (C=O) groups is 1. The van der Waals surface area contributed by atoms with Gasteiger partial charge >= 0.3 is 0 Å². The predicted octanol–water partition coefficient (Wildman–Crippen LogP) is 5.59. The second-order valence-electron chi connectivity index (χ2n) is 6.56. The first-order valence-electron chi connectivity index (χ1n) is 9.24. The number of hydrogen-bond acceptors (Lipinski definition) is 2. The van der Waals surface area contributed by atoms with Crippen LogP contribution in [0, 0.1) is 0 Å². The zero-order valence-corrected chi connectivity index (χ0v) is 15.4. The van der Waals surface area contributed by atoms with Crippen LogP contribution in [0.4, 0.5) is 5.69 Å². The van der Waals surface area contributed by atoms with Crippen LogP contribution in [0.1, 0.15) is 21.6 Å². The molecule has 0 aliphatic rings. The van der Waals surface area contributed by atoms with E-state index in [1.807, 2.05) is 97.1 Å². The Kier molecular flexibility index (Phi) is 5.25. The van der Waals surface area contributed by atoms with Crippen LogP contribution >= 0.6 is 0 Å². The number of anilines is 1. The molecule has 0 bridgehead atoms. The number of nitrogens with zero attached hydrogens (tertiary/aromatic N) is 1. The third-order valence-electron chi connectivity index (χ3n) is 4.58. The Morgan fingerprint density at radius 2 is 1.46 bits per heavy atom. The van der Waals surface area contributed by atoms with Crippen molar-refractivity contribution in [1.82, 2.24) is 4.98 Å². The van der Waals surface area contributed by atoms with E-state index in [4.69, 9.17) is 0 Å². The van der Waals surface area contributed by atoms with Crippen molar-refractivity contribution in [2.45, 2.75) is 6.42 Å². The van der Waals surface area contributed by atoms with E-state index in [0.29, 0.717) is 5.56 Å². The minimum atomic E-state index is -0.114. The zero-order valence-electron chi connectivity index (χ0n) is 15.4. The number of aromatic nitrogens is 1. The number of rotatable bonds is 5. The maximum absolute atomic E-state index is 12.9. The fourth-order valence-corrected chi connectivity index (χ4v) is 3.17. The maximum atomic E-state index is 12.9. The molecule has 136 valence electrons. The summed E-state index contributed by atoms with van der Waals surface area (Å²) in [6, 6.07) is 31.4. The first-order valence-corrected chi connectivity index (χ1v) is 9.24. The predicted molar refractivity (Wildman–Crippen MR) is 113 cm³/mol. The van der Waals surface area contributed by atoms with Crippen molar-refractivity contribution in [3.8, 4) is 11.1 Å². The summed E-state index contributed by atoms with van der Waals surface area (Å²) in [4.78, 5) is 17.2. The molecule has 4 rings (SSSR count). The lowest BCUT2D eigenvalue weighted by atomic mass is 9.99. The van der Waals surface area contributed by atoms with E-state index in [-0.39, 0.29) is 5.91 Å². The van der Waals surface area contributed by atoms with Crippen molar-refractivity contribution in [1.29, 1.82) is 0 Å². The molecule has 1 aromatic heterocycles. The molecule has 1 amide bonds. The van der Waals surface area contributed by atoms with Gasteiger partial charge in [-0.1, -0.05) is 66.7 Å². The zero-order chi connectivity index (χ0) is 19.2. The number of nitrogens with one attached hydrogen (secondary N) is 1. The summed E-state index contributed by atoms with van der Waals surface area (Å²) in [5.74, 6) is -0.114. The molecule has 0 saturated carbocycles. The summed E-state index contributed by atoms with van der Waals surface area (Å²) in [6.45, 7) is 0. The minimum absolute atomic E-state index is 0.114. The molecule has 1 N–H and O–H groups in total. The molecule has 0 unspecified atom stereocenters. The van der Waals surface area contributed by atoms with Gasteiger partial charge < -0.3 is 5.32 Å². The van der Waals surface area contributed by atoms with Gasteiger partial charge in [0.25, 0.3) is 5.91 Å². The second-order valence-corrected chi connectivity index (χ2v) is 6.56. The summed E-state index contributed by atoms with van der Waals surface area (Å²) in [6.07, 6.45) is 2.57. The molecule has 0 spiro atoms. The lowest BCUT2D eigenvalue weighted by Gasteiger charge is -2.11. The van der Waals surface area contributed by atoms with E-state index >= 15 is 0 Å². The van der Waals surface area contributed by atoms with Crippen molar-refractivity contribution in [2.24, 2.45) is 0 Å². The molecule has 1 heterocycles. The summed E-state index contributed by atoms with van der Waals surface area (Å²) in [5, 5.41) is 3.00. The summed E-state index contributed by atoms with van der Waals surface area (Å²) < 4.78 is 0. The third kappa shape index (κ3) is 4.15. The molecule has 4 aromatic rings. The lowest BCUT2D eigenvalue weighted by molar-refractivity contribution is 0.102. The summed E-state index contributed by atoms with van der Waals surface area (Å²) >= 11 is 0. The van der Waals surface area contributed by atoms with E-state index in [1.165, 1.54) is 0 Å². The van der Waals surface area contributed by atoms with Crippen LogP contribution < -0.4 is 5.32 Å². The highest BCUT2D eigenvalue weighted by molar-refractivity contribution is 6.08. The van der Waals surface area contributed by atoms with E-state index in [9.17, 15) is 4.79 Å². The molecular formula is C25H20N2O. The first-order chi connectivity index (χ1) is 13.8. The fourth-order valence-electron chi connectivity index (χ4n) is 3.17. The normalized spacial score (nSPS) is 10.4. The Bertz CT molecular complexity index is 1060. The SMILES string of the molecule is O=C(Nc1ccc(Cc2ccccn2)cc1)c1ccccc1-c1ccccc1. The van der Waals surface area contributed by atoms with Crippen LogP contribution in [0.2, 0.25) is 0 Å².